The molecule has 1 heterocycles. The summed E-state index contributed by atoms with van der Waals surface area (Å²) in [6, 6.07) is 20.9. The highest BCUT2D eigenvalue weighted by molar-refractivity contribution is 6.53. The van der Waals surface area contributed by atoms with Crippen LogP contribution in [0, 0.1) is 6.92 Å². The van der Waals surface area contributed by atoms with Crippen molar-refractivity contribution in [2.75, 3.05) is 10.2 Å². The van der Waals surface area contributed by atoms with Crippen LogP contribution in [-0.4, -0.2) is 17.8 Å². The fourth-order valence-corrected chi connectivity index (χ4v) is 4.03. The molecule has 0 saturated carbocycles. The number of anilines is 2. The lowest BCUT2D eigenvalue weighted by atomic mass is 9.86. The third-order valence-electron chi connectivity index (χ3n) is 5.67. The largest absolute Gasteiger partial charge is 0.423 e. The van der Waals surface area contributed by atoms with Gasteiger partial charge in [0.1, 0.15) is 16.5 Å². The number of nitrogens with zero attached hydrogens (tertiary/aromatic N) is 1. The number of imide groups is 1. The summed E-state index contributed by atoms with van der Waals surface area (Å²) in [4.78, 5) is 39.5. The van der Waals surface area contributed by atoms with Gasteiger partial charge < -0.3 is 10.1 Å². The van der Waals surface area contributed by atoms with Gasteiger partial charge in [-0.25, -0.2) is 9.69 Å². The monoisotopic (exact) mass is 488 g/mol. The second-order valence-corrected chi connectivity index (χ2v) is 9.64. The van der Waals surface area contributed by atoms with Crippen LogP contribution in [0.15, 0.2) is 83.5 Å². The lowest BCUT2D eigenvalue weighted by Crippen LogP contribution is -2.32. The van der Waals surface area contributed by atoms with E-state index in [0.717, 1.165) is 16.0 Å². The first-order valence-corrected chi connectivity index (χ1v) is 11.5. The van der Waals surface area contributed by atoms with E-state index < -0.39 is 17.8 Å². The minimum atomic E-state index is -0.592. The Morgan fingerprint density at radius 3 is 2.17 bits per heavy atom. The first-order valence-electron chi connectivity index (χ1n) is 11.1. The Bertz CT molecular complexity index is 1350. The zero-order valence-electron chi connectivity index (χ0n) is 19.9. The summed E-state index contributed by atoms with van der Waals surface area (Å²) in [6.45, 7) is 7.96. The van der Waals surface area contributed by atoms with Gasteiger partial charge in [-0.2, -0.15) is 0 Å². The molecule has 0 aromatic heterocycles. The predicted octanol–water partition coefficient (Wildman–Crippen LogP) is 5.95. The minimum Gasteiger partial charge on any atom is -0.423 e. The van der Waals surface area contributed by atoms with Gasteiger partial charge in [0, 0.05) is 11.3 Å². The third-order valence-corrected chi connectivity index (χ3v) is 6.02. The highest BCUT2D eigenvalue weighted by Crippen LogP contribution is 2.33. The molecule has 0 spiro atoms. The number of aryl methyl sites for hydroxylation is 1. The van der Waals surface area contributed by atoms with Gasteiger partial charge in [0.2, 0.25) is 0 Å². The molecule has 0 bridgehead atoms. The maximum Gasteiger partial charge on any atom is 0.343 e. The van der Waals surface area contributed by atoms with Gasteiger partial charge in [0.05, 0.1) is 11.3 Å². The predicted molar refractivity (Wildman–Crippen MR) is 137 cm³/mol. The van der Waals surface area contributed by atoms with Crippen LogP contribution in [0.4, 0.5) is 11.4 Å². The topological polar surface area (TPSA) is 75.7 Å². The molecule has 6 nitrogen and oxygen atoms in total. The Labute approximate surface area is 209 Å². The number of benzene rings is 3. The van der Waals surface area contributed by atoms with Crippen molar-refractivity contribution in [3.63, 3.8) is 0 Å². The quantitative estimate of drug-likeness (QED) is 0.273. The summed E-state index contributed by atoms with van der Waals surface area (Å²) in [5.74, 6) is -1.12. The average Bonchev–Trinajstić information content (AvgIpc) is 3.02. The summed E-state index contributed by atoms with van der Waals surface area (Å²) >= 11 is 6.22. The van der Waals surface area contributed by atoms with E-state index in [1.54, 1.807) is 42.5 Å². The summed E-state index contributed by atoms with van der Waals surface area (Å²) in [7, 11) is 0. The van der Waals surface area contributed by atoms with Gasteiger partial charge in [0.25, 0.3) is 11.8 Å². The van der Waals surface area contributed by atoms with Gasteiger partial charge in [-0.3, -0.25) is 9.59 Å². The van der Waals surface area contributed by atoms with E-state index in [1.807, 2.05) is 37.3 Å². The van der Waals surface area contributed by atoms with Crippen LogP contribution in [0.5, 0.6) is 5.75 Å². The number of ether oxygens (including phenoxy) is 1. The molecule has 4 rings (SSSR count). The zero-order valence-corrected chi connectivity index (χ0v) is 20.6. The molecule has 35 heavy (non-hydrogen) atoms. The van der Waals surface area contributed by atoms with E-state index in [4.69, 9.17) is 16.3 Å². The molecule has 0 atom stereocenters. The number of nitrogens with one attached hydrogen (secondary N) is 1. The standard InChI is InChI=1S/C28H25ClN2O4/c1-17-9-5-7-11-21(17)31-25(32)23(29)24(26(31)33)30-19-15-13-18(14-16-19)27(34)35-22-12-8-6-10-20(22)28(2,3)4/h5-16,30H,1-4H3. The van der Waals surface area contributed by atoms with Crippen LogP contribution in [0.3, 0.4) is 0 Å². The summed E-state index contributed by atoms with van der Waals surface area (Å²) < 4.78 is 5.66. The van der Waals surface area contributed by atoms with E-state index in [0.29, 0.717) is 22.7 Å². The van der Waals surface area contributed by atoms with Gasteiger partial charge in [-0.05, 0) is 54.3 Å². The van der Waals surface area contributed by atoms with Gasteiger partial charge in [-0.1, -0.05) is 68.8 Å². The van der Waals surface area contributed by atoms with E-state index in [9.17, 15) is 14.4 Å². The number of hydrogen-bond donors (Lipinski definition) is 1. The second-order valence-electron chi connectivity index (χ2n) is 9.26. The molecule has 3 aromatic rings. The molecule has 0 aliphatic carbocycles. The van der Waals surface area contributed by atoms with Crippen LogP contribution in [0.25, 0.3) is 0 Å². The molecule has 1 N–H and O–H groups in total. The maximum atomic E-state index is 13.0. The first-order chi connectivity index (χ1) is 16.6. The van der Waals surface area contributed by atoms with Crippen LogP contribution < -0.4 is 15.0 Å². The van der Waals surface area contributed by atoms with Crippen molar-refractivity contribution in [1.29, 1.82) is 0 Å². The molecule has 1 aliphatic rings. The normalized spacial score (nSPS) is 13.9. The molecular weight excluding hydrogens is 464 g/mol. The Morgan fingerprint density at radius 2 is 1.51 bits per heavy atom. The van der Waals surface area contributed by atoms with Crippen LogP contribution in [0.2, 0.25) is 0 Å². The summed E-state index contributed by atoms with van der Waals surface area (Å²) in [6.07, 6.45) is 0. The number of halogens is 1. The smallest absolute Gasteiger partial charge is 0.343 e. The Kier molecular flexibility index (Phi) is 6.50. The van der Waals surface area contributed by atoms with Gasteiger partial charge >= 0.3 is 5.97 Å². The molecule has 0 saturated heterocycles. The molecular formula is C28H25ClN2O4. The van der Waals surface area contributed by atoms with Crippen molar-refractivity contribution in [2.24, 2.45) is 0 Å². The van der Waals surface area contributed by atoms with E-state index in [1.165, 1.54) is 0 Å². The first kappa shape index (κ1) is 24.2. The van der Waals surface area contributed by atoms with Crippen LogP contribution >= 0.6 is 11.6 Å². The molecule has 0 unspecified atom stereocenters. The van der Waals surface area contributed by atoms with Crippen LogP contribution in [-0.2, 0) is 15.0 Å². The highest BCUT2D eigenvalue weighted by atomic mass is 35.5. The van der Waals surface area contributed by atoms with Crippen LogP contribution in [0.1, 0.15) is 42.3 Å². The van der Waals surface area contributed by atoms with Crippen molar-refractivity contribution < 1.29 is 19.1 Å². The van der Waals surface area contributed by atoms with Gasteiger partial charge in [0.15, 0.2) is 0 Å². The molecule has 7 heteroatoms. The molecule has 3 aromatic carbocycles. The van der Waals surface area contributed by atoms with E-state index in [2.05, 4.69) is 26.1 Å². The number of rotatable bonds is 5. The molecule has 1 aliphatic heterocycles. The number of amides is 2. The van der Waals surface area contributed by atoms with Crippen molar-refractivity contribution in [2.45, 2.75) is 33.1 Å². The second kappa shape index (κ2) is 9.39. The van der Waals surface area contributed by atoms with Crippen molar-refractivity contribution in [3.05, 3.63) is 100 Å². The molecule has 2 amide bonds. The summed E-state index contributed by atoms with van der Waals surface area (Å²) in [5.41, 5.74) is 2.81. The Morgan fingerprint density at radius 1 is 0.886 bits per heavy atom. The fraction of sp³-hybridized carbons (Fsp3) is 0.179. The number of para-hydroxylation sites is 2. The fourth-order valence-electron chi connectivity index (χ4n) is 3.81. The maximum absolute atomic E-state index is 13.0. The number of carbonyl (C=O) groups excluding carboxylic acids is 3. The van der Waals surface area contributed by atoms with E-state index >= 15 is 0 Å². The molecule has 0 fully saturated rings. The highest BCUT2D eigenvalue weighted by Gasteiger charge is 2.39. The molecule has 178 valence electrons. The zero-order chi connectivity index (χ0) is 25.3. The number of esters is 1. The summed E-state index contributed by atoms with van der Waals surface area (Å²) in [5, 5.41) is 2.72. The third kappa shape index (κ3) is 4.84. The lowest BCUT2D eigenvalue weighted by Gasteiger charge is -2.22. The SMILES string of the molecule is Cc1ccccc1N1C(=O)C(Cl)=C(Nc2ccc(C(=O)Oc3ccccc3C(C)(C)C)cc2)C1=O. The molecule has 0 radical (unpaired) electrons. The number of carbonyl (C=O) groups is 3. The van der Waals surface area contributed by atoms with Crippen molar-refractivity contribution >= 4 is 40.8 Å². The lowest BCUT2D eigenvalue weighted by molar-refractivity contribution is -0.120. The van der Waals surface area contributed by atoms with Crippen molar-refractivity contribution in [3.8, 4) is 5.75 Å². The van der Waals surface area contributed by atoms with Gasteiger partial charge in [-0.15, -0.1) is 0 Å². The Hall–Kier alpha value is -3.90. The minimum absolute atomic E-state index is 0.0191. The Balaban J connectivity index is 1.50. The van der Waals surface area contributed by atoms with E-state index in [-0.39, 0.29) is 16.1 Å². The number of hydrogen-bond acceptors (Lipinski definition) is 5. The average molecular weight is 489 g/mol. The van der Waals surface area contributed by atoms with Crippen molar-refractivity contribution in [1.82, 2.24) is 0 Å².